The molecule has 0 bridgehead atoms. The van der Waals surface area contributed by atoms with Crippen LogP contribution in [-0.2, 0) is 4.79 Å². The lowest BCUT2D eigenvalue weighted by molar-refractivity contribution is -0.121. The molecule has 2 heterocycles. The molecule has 0 spiro atoms. The third-order valence-electron chi connectivity index (χ3n) is 1.83. The number of amides is 2. The molecule has 5 heteroatoms. The summed E-state index contributed by atoms with van der Waals surface area (Å²) >= 11 is 2.55. The summed E-state index contributed by atoms with van der Waals surface area (Å²) < 4.78 is 0. The van der Waals surface area contributed by atoms with Crippen LogP contribution in [0.15, 0.2) is 21.7 Å². The molecule has 1 aromatic heterocycles. The van der Waals surface area contributed by atoms with E-state index in [1.165, 1.54) is 7.05 Å². The second-order valence-corrected chi connectivity index (χ2v) is 4.57. The predicted molar refractivity (Wildman–Crippen MR) is 58.1 cm³/mol. The van der Waals surface area contributed by atoms with Gasteiger partial charge in [0.05, 0.1) is 4.91 Å². The summed E-state index contributed by atoms with van der Waals surface area (Å²) in [4.78, 5) is 24.2. The van der Waals surface area contributed by atoms with Gasteiger partial charge in [0.2, 0.25) is 0 Å². The zero-order chi connectivity index (χ0) is 10.1. The molecule has 2 amide bonds. The van der Waals surface area contributed by atoms with Crippen LogP contribution in [0.4, 0.5) is 4.79 Å². The van der Waals surface area contributed by atoms with Gasteiger partial charge in [-0.25, -0.2) is 0 Å². The second-order valence-electron chi connectivity index (χ2n) is 2.80. The van der Waals surface area contributed by atoms with Crippen LogP contribution < -0.4 is 0 Å². The molecule has 2 rings (SSSR count). The number of thioether (sulfide) groups is 1. The number of carbonyl (C=O) groups is 2. The predicted octanol–water partition coefficient (Wildman–Crippen LogP) is 2.41. The Bertz CT molecular complexity index is 408. The molecule has 1 aromatic rings. The highest BCUT2D eigenvalue weighted by Crippen LogP contribution is 2.31. The first-order valence-electron chi connectivity index (χ1n) is 3.92. The molecule has 0 aromatic carbocycles. The van der Waals surface area contributed by atoms with Crippen molar-refractivity contribution in [2.75, 3.05) is 7.05 Å². The normalized spacial score (nSPS) is 19.8. The summed E-state index contributed by atoms with van der Waals surface area (Å²) in [6.45, 7) is 0. The Morgan fingerprint density at radius 3 is 2.71 bits per heavy atom. The molecule has 1 fully saturated rings. The number of thiophene rings is 1. The molecule has 1 aliphatic heterocycles. The summed E-state index contributed by atoms with van der Waals surface area (Å²) in [7, 11) is 1.49. The van der Waals surface area contributed by atoms with Gasteiger partial charge in [-0.15, -0.1) is 0 Å². The van der Waals surface area contributed by atoms with Crippen LogP contribution in [0.25, 0.3) is 6.08 Å². The van der Waals surface area contributed by atoms with E-state index in [0.29, 0.717) is 4.91 Å². The Labute approximate surface area is 89.4 Å². The van der Waals surface area contributed by atoms with Crippen LogP contribution in [0.1, 0.15) is 5.56 Å². The van der Waals surface area contributed by atoms with Crippen molar-refractivity contribution < 1.29 is 9.59 Å². The molecule has 0 unspecified atom stereocenters. The van der Waals surface area contributed by atoms with E-state index in [1.54, 1.807) is 17.4 Å². The highest BCUT2D eigenvalue weighted by atomic mass is 32.2. The molecule has 72 valence electrons. The Hall–Kier alpha value is -1.07. The summed E-state index contributed by atoms with van der Waals surface area (Å²) in [5.41, 5.74) is 0.967. The number of imide groups is 1. The van der Waals surface area contributed by atoms with Crippen molar-refractivity contribution in [2.24, 2.45) is 0 Å². The lowest BCUT2D eigenvalue weighted by Gasteiger charge is -2.00. The first-order valence-corrected chi connectivity index (χ1v) is 5.68. The second kappa shape index (κ2) is 3.59. The maximum absolute atomic E-state index is 11.5. The van der Waals surface area contributed by atoms with Crippen molar-refractivity contribution in [1.82, 2.24) is 4.90 Å². The number of rotatable bonds is 1. The number of carbonyl (C=O) groups excluding carboxylic acids is 2. The van der Waals surface area contributed by atoms with Gasteiger partial charge in [0.1, 0.15) is 0 Å². The molecule has 0 N–H and O–H groups in total. The minimum absolute atomic E-state index is 0.212. The van der Waals surface area contributed by atoms with Crippen molar-refractivity contribution in [3.05, 3.63) is 27.3 Å². The Morgan fingerprint density at radius 1 is 1.43 bits per heavy atom. The molecular formula is C9H7NO2S2. The van der Waals surface area contributed by atoms with Gasteiger partial charge in [-0.05, 0) is 40.2 Å². The summed E-state index contributed by atoms with van der Waals surface area (Å²) in [5.74, 6) is -0.216. The lowest BCUT2D eigenvalue weighted by Crippen LogP contribution is -2.22. The summed E-state index contributed by atoms with van der Waals surface area (Å²) in [6, 6.07) is 1.91. The third kappa shape index (κ3) is 1.60. The van der Waals surface area contributed by atoms with E-state index < -0.39 is 0 Å². The first kappa shape index (κ1) is 9.48. The zero-order valence-corrected chi connectivity index (χ0v) is 9.02. The van der Waals surface area contributed by atoms with Crippen LogP contribution >= 0.6 is 23.1 Å². The van der Waals surface area contributed by atoms with Crippen molar-refractivity contribution in [1.29, 1.82) is 0 Å². The number of likely N-dealkylation sites (N-methyl/N-ethyl adjacent to an activating group) is 1. The van der Waals surface area contributed by atoms with Gasteiger partial charge in [0, 0.05) is 7.05 Å². The van der Waals surface area contributed by atoms with E-state index >= 15 is 0 Å². The first-order chi connectivity index (χ1) is 6.68. The number of hydrogen-bond acceptors (Lipinski definition) is 4. The maximum Gasteiger partial charge on any atom is 0.293 e. The minimum atomic E-state index is -0.216. The molecular weight excluding hydrogens is 218 g/mol. The fourth-order valence-corrected chi connectivity index (χ4v) is 2.50. The van der Waals surface area contributed by atoms with Crippen LogP contribution in [0.5, 0.6) is 0 Å². The maximum atomic E-state index is 11.5. The molecule has 0 radical (unpaired) electrons. The molecule has 1 saturated heterocycles. The zero-order valence-electron chi connectivity index (χ0n) is 7.39. The number of hydrogen-bond donors (Lipinski definition) is 0. The van der Waals surface area contributed by atoms with E-state index in [4.69, 9.17) is 0 Å². The average molecular weight is 225 g/mol. The fourth-order valence-electron chi connectivity index (χ4n) is 1.05. The SMILES string of the molecule is CN1C(=O)SC(=Cc2ccsc2)C1=O. The Morgan fingerprint density at radius 2 is 2.21 bits per heavy atom. The molecule has 14 heavy (non-hydrogen) atoms. The molecule has 0 aliphatic carbocycles. The standard InChI is InChI=1S/C9H7NO2S2/c1-10-8(11)7(14-9(10)12)4-6-2-3-13-5-6/h2-5H,1H3. The van der Waals surface area contributed by atoms with Gasteiger partial charge in [-0.2, -0.15) is 11.3 Å². The largest absolute Gasteiger partial charge is 0.293 e. The van der Waals surface area contributed by atoms with Crippen molar-refractivity contribution in [3.8, 4) is 0 Å². The number of nitrogens with zero attached hydrogens (tertiary/aromatic N) is 1. The van der Waals surface area contributed by atoms with Gasteiger partial charge < -0.3 is 0 Å². The monoisotopic (exact) mass is 225 g/mol. The van der Waals surface area contributed by atoms with Gasteiger partial charge in [-0.1, -0.05) is 0 Å². The third-order valence-corrected chi connectivity index (χ3v) is 3.49. The summed E-state index contributed by atoms with van der Waals surface area (Å²) in [5, 5.41) is 3.66. The van der Waals surface area contributed by atoms with Gasteiger partial charge in [0.15, 0.2) is 0 Å². The van der Waals surface area contributed by atoms with Crippen molar-refractivity contribution in [3.63, 3.8) is 0 Å². The quantitative estimate of drug-likeness (QED) is 0.689. The molecule has 1 aliphatic rings. The van der Waals surface area contributed by atoms with Crippen molar-refractivity contribution in [2.45, 2.75) is 0 Å². The van der Waals surface area contributed by atoms with Crippen LogP contribution in [0.3, 0.4) is 0 Å². The van der Waals surface area contributed by atoms with E-state index in [0.717, 1.165) is 22.2 Å². The Kier molecular flexibility index (Phi) is 2.43. The fraction of sp³-hybridized carbons (Fsp3) is 0.111. The average Bonchev–Trinajstić information content (AvgIpc) is 2.73. The smallest absolute Gasteiger partial charge is 0.272 e. The topological polar surface area (TPSA) is 37.4 Å². The highest BCUT2D eigenvalue weighted by molar-refractivity contribution is 8.18. The molecule has 3 nitrogen and oxygen atoms in total. The van der Waals surface area contributed by atoms with Crippen LogP contribution in [-0.4, -0.2) is 23.1 Å². The van der Waals surface area contributed by atoms with Gasteiger partial charge in [-0.3, -0.25) is 14.5 Å². The van der Waals surface area contributed by atoms with Crippen LogP contribution in [0, 0.1) is 0 Å². The van der Waals surface area contributed by atoms with Crippen molar-refractivity contribution >= 4 is 40.3 Å². The van der Waals surface area contributed by atoms with E-state index in [2.05, 4.69) is 0 Å². The highest BCUT2D eigenvalue weighted by Gasteiger charge is 2.31. The van der Waals surface area contributed by atoms with Gasteiger partial charge >= 0.3 is 0 Å². The van der Waals surface area contributed by atoms with E-state index in [1.807, 2.05) is 16.8 Å². The van der Waals surface area contributed by atoms with Gasteiger partial charge in [0.25, 0.3) is 11.1 Å². The molecule has 0 saturated carbocycles. The Balaban J connectivity index is 2.29. The van der Waals surface area contributed by atoms with Crippen LogP contribution in [0.2, 0.25) is 0 Å². The van der Waals surface area contributed by atoms with E-state index in [-0.39, 0.29) is 11.1 Å². The van der Waals surface area contributed by atoms with E-state index in [9.17, 15) is 9.59 Å². The summed E-state index contributed by atoms with van der Waals surface area (Å²) in [6.07, 6.45) is 1.74. The molecule has 0 atom stereocenters. The minimum Gasteiger partial charge on any atom is -0.272 e. The lowest BCUT2D eigenvalue weighted by atomic mass is 10.3.